The minimum absolute atomic E-state index is 0.0443. The van der Waals surface area contributed by atoms with Crippen LogP contribution in [-0.4, -0.2) is 19.1 Å². The first-order valence-corrected chi connectivity index (χ1v) is 5.02. The molecule has 3 nitrogen and oxygen atoms in total. The topological polar surface area (TPSA) is 52.3 Å². The molecule has 3 heteroatoms. The Morgan fingerprint density at radius 1 is 1.54 bits per heavy atom. The van der Waals surface area contributed by atoms with Crippen molar-refractivity contribution in [3.05, 3.63) is 0 Å². The summed E-state index contributed by atoms with van der Waals surface area (Å²) in [6.07, 6.45) is 3.93. The van der Waals surface area contributed by atoms with Gasteiger partial charge in [0.15, 0.2) is 0 Å². The van der Waals surface area contributed by atoms with Gasteiger partial charge < -0.3 is 10.5 Å². The molecule has 1 aliphatic carbocycles. The van der Waals surface area contributed by atoms with Crippen molar-refractivity contribution in [1.29, 1.82) is 0 Å². The van der Waals surface area contributed by atoms with E-state index in [-0.39, 0.29) is 17.9 Å². The third kappa shape index (κ3) is 2.44. The average Bonchev–Trinajstić information content (AvgIpc) is 2.16. The summed E-state index contributed by atoms with van der Waals surface area (Å²) in [4.78, 5) is 11.2. The van der Waals surface area contributed by atoms with E-state index in [2.05, 4.69) is 6.92 Å². The number of rotatable bonds is 2. The van der Waals surface area contributed by atoms with Crippen molar-refractivity contribution in [2.75, 3.05) is 7.11 Å². The summed E-state index contributed by atoms with van der Waals surface area (Å²) >= 11 is 0. The molecule has 0 bridgehead atoms. The molecule has 0 amide bonds. The zero-order valence-electron chi connectivity index (χ0n) is 8.45. The Labute approximate surface area is 79.6 Å². The summed E-state index contributed by atoms with van der Waals surface area (Å²) in [7, 11) is 1.44. The summed E-state index contributed by atoms with van der Waals surface area (Å²) in [5.74, 6) is 0.550. The van der Waals surface area contributed by atoms with Crippen LogP contribution in [0.3, 0.4) is 0 Å². The van der Waals surface area contributed by atoms with Crippen LogP contribution in [-0.2, 0) is 9.53 Å². The molecule has 1 rings (SSSR count). The molecule has 1 saturated carbocycles. The van der Waals surface area contributed by atoms with Crippen LogP contribution in [0.2, 0.25) is 0 Å². The highest BCUT2D eigenvalue weighted by molar-refractivity contribution is 5.72. The molecule has 0 heterocycles. The first-order chi connectivity index (χ1) is 6.19. The maximum Gasteiger partial charge on any atom is 0.308 e. The summed E-state index contributed by atoms with van der Waals surface area (Å²) < 4.78 is 4.71. The van der Waals surface area contributed by atoms with Gasteiger partial charge in [0.05, 0.1) is 13.0 Å². The molecule has 0 spiro atoms. The van der Waals surface area contributed by atoms with Crippen molar-refractivity contribution in [1.82, 2.24) is 0 Å². The monoisotopic (exact) mass is 185 g/mol. The number of hydrogen-bond donors (Lipinski definition) is 1. The SMILES string of the molecule is CCC1CCC(C(=O)OC)CC1N. The molecule has 0 radical (unpaired) electrons. The molecule has 3 unspecified atom stereocenters. The van der Waals surface area contributed by atoms with Gasteiger partial charge in [0.1, 0.15) is 0 Å². The second kappa shape index (κ2) is 4.61. The lowest BCUT2D eigenvalue weighted by atomic mass is 9.77. The second-order valence-electron chi connectivity index (χ2n) is 3.87. The van der Waals surface area contributed by atoms with E-state index >= 15 is 0 Å². The number of carbonyl (C=O) groups is 1. The van der Waals surface area contributed by atoms with Crippen LogP contribution in [0.5, 0.6) is 0 Å². The third-order valence-electron chi connectivity index (χ3n) is 3.11. The molecule has 76 valence electrons. The zero-order valence-corrected chi connectivity index (χ0v) is 8.45. The maximum absolute atomic E-state index is 11.2. The Morgan fingerprint density at radius 2 is 2.23 bits per heavy atom. The Morgan fingerprint density at radius 3 is 2.69 bits per heavy atom. The highest BCUT2D eigenvalue weighted by Gasteiger charge is 2.31. The van der Waals surface area contributed by atoms with Gasteiger partial charge in [-0.3, -0.25) is 4.79 Å². The van der Waals surface area contributed by atoms with Gasteiger partial charge >= 0.3 is 5.97 Å². The van der Waals surface area contributed by atoms with Crippen LogP contribution < -0.4 is 5.73 Å². The number of nitrogens with two attached hydrogens (primary N) is 1. The van der Waals surface area contributed by atoms with Crippen molar-refractivity contribution in [3.8, 4) is 0 Å². The maximum atomic E-state index is 11.2. The van der Waals surface area contributed by atoms with Gasteiger partial charge in [0.25, 0.3) is 0 Å². The fourth-order valence-electron chi connectivity index (χ4n) is 2.16. The molecule has 0 aromatic rings. The van der Waals surface area contributed by atoms with Crippen LogP contribution in [0.25, 0.3) is 0 Å². The van der Waals surface area contributed by atoms with Crippen LogP contribution in [0.15, 0.2) is 0 Å². The molecule has 2 N–H and O–H groups in total. The van der Waals surface area contributed by atoms with Crippen LogP contribution in [0.4, 0.5) is 0 Å². The van der Waals surface area contributed by atoms with Crippen LogP contribution in [0.1, 0.15) is 32.6 Å². The zero-order chi connectivity index (χ0) is 9.84. The Kier molecular flexibility index (Phi) is 3.72. The van der Waals surface area contributed by atoms with E-state index in [1.165, 1.54) is 7.11 Å². The van der Waals surface area contributed by atoms with Gasteiger partial charge in [-0.15, -0.1) is 0 Å². The summed E-state index contributed by atoms with van der Waals surface area (Å²) in [5, 5.41) is 0. The highest BCUT2D eigenvalue weighted by atomic mass is 16.5. The first-order valence-electron chi connectivity index (χ1n) is 5.02. The fraction of sp³-hybridized carbons (Fsp3) is 0.900. The van der Waals surface area contributed by atoms with E-state index in [0.717, 1.165) is 25.7 Å². The minimum atomic E-state index is -0.0926. The van der Waals surface area contributed by atoms with Gasteiger partial charge in [-0.25, -0.2) is 0 Å². The summed E-state index contributed by atoms with van der Waals surface area (Å²) in [6, 6.07) is 0.183. The average molecular weight is 185 g/mol. The summed E-state index contributed by atoms with van der Waals surface area (Å²) in [6.45, 7) is 2.16. The van der Waals surface area contributed by atoms with Crippen molar-refractivity contribution in [3.63, 3.8) is 0 Å². The van der Waals surface area contributed by atoms with Crippen molar-refractivity contribution >= 4 is 5.97 Å². The molecule has 0 aliphatic heterocycles. The molecule has 0 aromatic carbocycles. The van der Waals surface area contributed by atoms with E-state index < -0.39 is 0 Å². The molecule has 0 aromatic heterocycles. The summed E-state index contributed by atoms with van der Waals surface area (Å²) in [5.41, 5.74) is 5.96. The third-order valence-corrected chi connectivity index (χ3v) is 3.11. The Hall–Kier alpha value is -0.570. The smallest absolute Gasteiger partial charge is 0.308 e. The number of methoxy groups -OCH3 is 1. The van der Waals surface area contributed by atoms with Gasteiger partial charge in [0, 0.05) is 6.04 Å². The van der Waals surface area contributed by atoms with E-state index in [0.29, 0.717) is 5.92 Å². The van der Waals surface area contributed by atoms with E-state index in [4.69, 9.17) is 10.5 Å². The second-order valence-corrected chi connectivity index (χ2v) is 3.87. The lowest BCUT2D eigenvalue weighted by Gasteiger charge is -2.31. The van der Waals surface area contributed by atoms with Crippen molar-refractivity contribution < 1.29 is 9.53 Å². The predicted octanol–water partition coefficient (Wildman–Crippen LogP) is 1.31. The first kappa shape index (κ1) is 10.5. The predicted molar refractivity (Wildman–Crippen MR) is 51.1 cm³/mol. The Balaban J connectivity index is 2.45. The fourth-order valence-corrected chi connectivity index (χ4v) is 2.16. The van der Waals surface area contributed by atoms with Crippen molar-refractivity contribution in [2.45, 2.75) is 38.6 Å². The largest absolute Gasteiger partial charge is 0.469 e. The molecule has 13 heavy (non-hydrogen) atoms. The minimum Gasteiger partial charge on any atom is -0.469 e. The lowest BCUT2D eigenvalue weighted by Crippen LogP contribution is -2.38. The molecule has 3 atom stereocenters. The van der Waals surface area contributed by atoms with Gasteiger partial charge in [0.2, 0.25) is 0 Å². The molecule has 1 aliphatic rings. The Bertz CT molecular complexity index is 182. The standard InChI is InChI=1S/C10H19NO2/c1-3-7-4-5-8(6-9(7)11)10(12)13-2/h7-9H,3-6,11H2,1-2H3. The van der Waals surface area contributed by atoms with Crippen LogP contribution >= 0.6 is 0 Å². The van der Waals surface area contributed by atoms with E-state index in [1.54, 1.807) is 0 Å². The van der Waals surface area contributed by atoms with Gasteiger partial charge in [-0.1, -0.05) is 13.3 Å². The molecular formula is C10H19NO2. The van der Waals surface area contributed by atoms with Crippen molar-refractivity contribution in [2.24, 2.45) is 17.6 Å². The quantitative estimate of drug-likeness (QED) is 0.660. The molecular weight excluding hydrogens is 166 g/mol. The number of esters is 1. The van der Waals surface area contributed by atoms with Crippen LogP contribution in [0, 0.1) is 11.8 Å². The van der Waals surface area contributed by atoms with E-state index in [9.17, 15) is 4.79 Å². The van der Waals surface area contributed by atoms with Gasteiger partial charge in [-0.2, -0.15) is 0 Å². The lowest BCUT2D eigenvalue weighted by molar-refractivity contribution is -0.147. The van der Waals surface area contributed by atoms with Gasteiger partial charge in [-0.05, 0) is 25.2 Å². The number of hydrogen-bond acceptors (Lipinski definition) is 3. The number of carbonyl (C=O) groups excluding carboxylic acids is 1. The molecule has 0 saturated heterocycles. The van der Waals surface area contributed by atoms with E-state index in [1.807, 2.05) is 0 Å². The molecule has 1 fully saturated rings. The normalized spacial score (nSPS) is 34.2. The highest BCUT2D eigenvalue weighted by Crippen LogP contribution is 2.30. The number of ether oxygens (including phenoxy) is 1.